The summed E-state index contributed by atoms with van der Waals surface area (Å²) >= 11 is 1.60. The molecule has 1 aliphatic rings. The number of fused-ring (bicyclic) bond motifs is 1. The van der Waals surface area contributed by atoms with E-state index in [2.05, 4.69) is 0 Å². The Morgan fingerprint density at radius 1 is 1.19 bits per heavy atom. The van der Waals surface area contributed by atoms with Crippen molar-refractivity contribution >= 4 is 34.1 Å². The van der Waals surface area contributed by atoms with Gasteiger partial charge in [0.25, 0.3) is 5.91 Å². The van der Waals surface area contributed by atoms with Crippen molar-refractivity contribution in [3.63, 3.8) is 0 Å². The lowest BCUT2D eigenvalue weighted by atomic mass is 9.96. The van der Waals surface area contributed by atoms with E-state index in [4.69, 9.17) is 10.7 Å². The number of nitrogens with two attached hydrogens (primary N) is 1. The number of piperidine rings is 1. The topological polar surface area (TPSA) is 76.3 Å². The number of aromatic nitrogens is 1. The van der Waals surface area contributed by atoms with Crippen LogP contribution >= 0.6 is 11.3 Å². The molecule has 3 heterocycles. The fraction of sp³-hybridized carbons (Fsp3) is 0.250. The van der Waals surface area contributed by atoms with Crippen LogP contribution in [0.3, 0.4) is 0 Å². The smallest absolute Gasteiger partial charge is 0.254 e. The van der Waals surface area contributed by atoms with Crippen LogP contribution in [-0.4, -0.2) is 34.8 Å². The molecule has 1 saturated heterocycles. The van der Waals surface area contributed by atoms with Crippen molar-refractivity contribution in [2.45, 2.75) is 12.8 Å². The fourth-order valence-electron chi connectivity index (χ4n) is 3.47. The SMILES string of the molecule is NC(=O)C1CCCN(C(=O)c2cc(-c3cccs3)nc3ccccc23)C1. The Kier molecular flexibility index (Phi) is 4.42. The van der Waals surface area contributed by atoms with E-state index in [1.54, 1.807) is 16.2 Å². The van der Waals surface area contributed by atoms with Crippen LogP contribution in [0.1, 0.15) is 23.2 Å². The molecule has 0 bridgehead atoms. The van der Waals surface area contributed by atoms with Gasteiger partial charge in [-0.1, -0.05) is 24.3 Å². The second-order valence-corrected chi connectivity index (χ2v) is 7.49. The molecule has 1 fully saturated rings. The van der Waals surface area contributed by atoms with E-state index in [9.17, 15) is 9.59 Å². The van der Waals surface area contributed by atoms with Gasteiger partial charge in [0.2, 0.25) is 5.91 Å². The summed E-state index contributed by atoms with van der Waals surface area (Å²) in [5.41, 5.74) is 7.68. The molecular formula is C20H19N3O2S. The van der Waals surface area contributed by atoms with Crippen LogP contribution in [0.4, 0.5) is 0 Å². The number of rotatable bonds is 3. The summed E-state index contributed by atoms with van der Waals surface area (Å²) in [6.45, 7) is 1.03. The minimum absolute atomic E-state index is 0.0626. The highest BCUT2D eigenvalue weighted by Gasteiger charge is 2.28. The molecule has 0 saturated carbocycles. The lowest BCUT2D eigenvalue weighted by Gasteiger charge is -2.31. The van der Waals surface area contributed by atoms with Gasteiger partial charge in [-0.05, 0) is 36.4 Å². The van der Waals surface area contributed by atoms with Crippen molar-refractivity contribution in [2.75, 3.05) is 13.1 Å². The molecule has 6 heteroatoms. The molecule has 4 rings (SSSR count). The Morgan fingerprint density at radius 3 is 2.81 bits per heavy atom. The summed E-state index contributed by atoms with van der Waals surface area (Å²) < 4.78 is 0. The first-order valence-electron chi connectivity index (χ1n) is 8.66. The Morgan fingerprint density at radius 2 is 2.04 bits per heavy atom. The quantitative estimate of drug-likeness (QED) is 0.774. The normalized spacial score (nSPS) is 17.4. The van der Waals surface area contributed by atoms with Crippen LogP contribution in [0, 0.1) is 5.92 Å². The van der Waals surface area contributed by atoms with Gasteiger partial charge < -0.3 is 10.6 Å². The van der Waals surface area contributed by atoms with E-state index in [1.165, 1.54) is 0 Å². The lowest BCUT2D eigenvalue weighted by Crippen LogP contribution is -2.44. The highest BCUT2D eigenvalue weighted by molar-refractivity contribution is 7.13. The molecular weight excluding hydrogens is 346 g/mol. The highest BCUT2D eigenvalue weighted by Crippen LogP contribution is 2.29. The lowest BCUT2D eigenvalue weighted by molar-refractivity contribution is -0.123. The molecule has 26 heavy (non-hydrogen) atoms. The summed E-state index contributed by atoms with van der Waals surface area (Å²) in [6, 6.07) is 13.5. The van der Waals surface area contributed by atoms with Crippen LogP contribution < -0.4 is 5.73 Å². The van der Waals surface area contributed by atoms with Gasteiger partial charge in [-0.2, -0.15) is 0 Å². The third-order valence-electron chi connectivity index (χ3n) is 4.83. The summed E-state index contributed by atoms with van der Waals surface area (Å²) in [5, 5.41) is 2.83. The van der Waals surface area contributed by atoms with Gasteiger partial charge in [-0.3, -0.25) is 9.59 Å². The Hall–Kier alpha value is -2.73. The zero-order chi connectivity index (χ0) is 18.1. The Bertz CT molecular complexity index is 968. The number of amides is 2. The molecule has 1 unspecified atom stereocenters. The van der Waals surface area contributed by atoms with Crippen molar-refractivity contribution in [1.82, 2.24) is 9.88 Å². The van der Waals surface area contributed by atoms with E-state index >= 15 is 0 Å². The molecule has 3 aromatic rings. The second-order valence-electron chi connectivity index (χ2n) is 6.54. The predicted octanol–water partition coefficient (Wildman–Crippen LogP) is 3.30. The molecule has 1 aliphatic heterocycles. The fourth-order valence-corrected chi connectivity index (χ4v) is 4.15. The van der Waals surface area contributed by atoms with Gasteiger partial charge in [-0.25, -0.2) is 4.98 Å². The molecule has 2 amide bonds. The maximum Gasteiger partial charge on any atom is 0.254 e. The molecule has 2 N–H and O–H groups in total. The van der Waals surface area contributed by atoms with Gasteiger partial charge in [0.05, 0.1) is 27.6 Å². The summed E-state index contributed by atoms with van der Waals surface area (Å²) in [6.07, 6.45) is 1.54. The second kappa shape index (κ2) is 6.88. The number of hydrogen-bond acceptors (Lipinski definition) is 4. The summed E-state index contributed by atoms with van der Waals surface area (Å²) in [5.74, 6) is -0.661. The van der Waals surface area contributed by atoms with Crippen LogP contribution in [0.5, 0.6) is 0 Å². The van der Waals surface area contributed by atoms with Gasteiger partial charge >= 0.3 is 0 Å². The first kappa shape index (κ1) is 16.7. The summed E-state index contributed by atoms with van der Waals surface area (Å²) in [4.78, 5) is 32.3. The first-order chi connectivity index (χ1) is 12.6. The van der Waals surface area contributed by atoms with Crippen LogP contribution in [0.2, 0.25) is 0 Å². The number of thiophene rings is 1. The maximum atomic E-state index is 13.3. The number of carbonyl (C=O) groups is 2. The minimum Gasteiger partial charge on any atom is -0.369 e. The number of likely N-dealkylation sites (tertiary alicyclic amines) is 1. The molecule has 1 aromatic carbocycles. The van der Waals surface area contributed by atoms with Crippen molar-refractivity contribution in [3.05, 3.63) is 53.4 Å². The number of carbonyl (C=O) groups excluding carboxylic acids is 2. The number of benzene rings is 1. The first-order valence-corrected chi connectivity index (χ1v) is 9.53. The molecule has 2 aromatic heterocycles. The zero-order valence-electron chi connectivity index (χ0n) is 14.2. The molecule has 132 valence electrons. The Labute approximate surface area is 155 Å². The average molecular weight is 365 g/mol. The number of nitrogens with zero attached hydrogens (tertiary/aromatic N) is 2. The molecule has 0 spiro atoms. The van der Waals surface area contributed by atoms with Gasteiger partial charge in [-0.15, -0.1) is 11.3 Å². The zero-order valence-corrected chi connectivity index (χ0v) is 15.0. The van der Waals surface area contributed by atoms with E-state index < -0.39 is 0 Å². The predicted molar refractivity (Wildman–Crippen MR) is 103 cm³/mol. The third-order valence-corrected chi connectivity index (χ3v) is 5.72. The van der Waals surface area contributed by atoms with Crippen LogP contribution in [0.15, 0.2) is 47.8 Å². The molecule has 5 nitrogen and oxygen atoms in total. The monoisotopic (exact) mass is 365 g/mol. The molecule has 0 radical (unpaired) electrons. The van der Waals surface area contributed by atoms with Crippen molar-refractivity contribution in [1.29, 1.82) is 0 Å². The van der Waals surface area contributed by atoms with Crippen LogP contribution in [0.25, 0.3) is 21.5 Å². The van der Waals surface area contributed by atoms with E-state index in [0.717, 1.165) is 34.3 Å². The largest absolute Gasteiger partial charge is 0.369 e. The Balaban J connectivity index is 1.77. The molecule has 1 atom stereocenters. The standard InChI is InChI=1S/C20H19N3O2S/c21-19(24)13-5-3-9-23(12-13)20(25)15-11-17(18-8-4-10-26-18)22-16-7-2-1-6-14(15)16/h1-2,4,6-8,10-11,13H,3,5,9,12H2,(H2,21,24). The number of para-hydroxylation sites is 1. The van der Waals surface area contributed by atoms with Crippen molar-refractivity contribution in [2.24, 2.45) is 11.7 Å². The number of primary amides is 1. The van der Waals surface area contributed by atoms with Crippen molar-refractivity contribution in [3.8, 4) is 10.6 Å². The average Bonchev–Trinajstić information content (AvgIpc) is 3.21. The van der Waals surface area contributed by atoms with E-state index in [0.29, 0.717) is 18.7 Å². The third kappa shape index (κ3) is 3.08. The minimum atomic E-state index is -0.332. The van der Waals surface area contributed by atoms with E-state index in [-0.39, 0.29) is 17.7 Å². The summed E-state index contributed by atoms with van der Waals surface area (Å²) in [7, 11) is 0. The number of pyridine rings is 1. The van der Waals surface area contributed by atoms with Gasteiger partial charge in [0.1, 0.15) is 0 Å². The van der Waals surface area contributed by atoms with Gasteiger partial charge in [0, 0.05) is 18.5 Å². The maximum absolute atomic E-state index is 13.3. The van der Waals surface area contributed by atoms with E-state index in [1.807, 2.05) is 47.8 Å². The molecule has 0 aliphatic carbocycles. The van der Waals surface area contributed by atoms with Gasteiger partial charge in [0.15, 0.2) is 0 Å². The highest BCUT2D eigenvalue weighted by atomic mass is 32.1. The van der Waals surface area contributed by atoms with Crippen LogP contribution in [-0.2, 0) is 4.79 Å². The van der Waals surface area contributed by atoms with Crippen molar-refractivity contribution < 1.29 is 9.59 Å². The number of hydrogen-bond donors (Lipinski definition) is 1.